The molecule has 2 rings (SSSR count). The second-order valence-corrected chi connectivity index (χ2v) is 6.13. The highest BCUT2D eigenvalue weighted by molar-refractivity contribution is 5.94. The van der Waals surface area contributed by atoms with Crippen molar-refractivity contribution in [2.24, 2.45) is 0 Å². The van der Waals surface area contributed by atoms with Crippen LogP contribution >= 0.6 is 0 Å². The summed E-state index contributed by atoms with van der Waals surface area (Å²) in [5.74, 6) is -0.683. The molecule has 1 fully saturated rings. The lowest BCUT2D eigenvalue weighted by Gasteiger charge is -2.21. The highest BCUT2D eigenvalue weighted by atomic mass is 16.5. The molecule has 0 spiro atoms. The molecule has 1 aromatic carbocycles. The molecule has 0 saturated carbocycles. The van der Waals surface area contributed by atoms with Crippen LogP contribution in [0.1, 0.15) is 43.5 Å². The summed E-state index contributed by atoms with van der Waals surface area (Å²) < 4.78 is 10.4. The van der Waals surface area contributed by atoms with Crippen LogP contribution in [0.15, 0.2) is 24.3 Å². The van der Waals surface area contributed by atoms with Crippen molar-refractivity contribution >= 4 is 23.5 Å². The normalized spacial score (nSPS) is 16.2. The first-order valence-corrected chi connectivity index (χ1v) is 8.95. The summed E-state index contributed by atoms with van der Waals surface area (Å²) in [6.45, 7) is 5.03. The van der Waals surface area contributed by atoms with E-state index in [1.165, 1.54) is 11.8 Å². The second kappa shape index (κ2) is 9.91. The molecular weight excluding hydrogens is 336 g/mol. The maximum Gasteiger partial charge on any atom is 0.338 e. The van der Waals surface area contributed by atoms with Crippen LogP contribution in [0.5, 0.6) is 0 Å². The molecule has 1 aromatic rings. The molecule has 1 N–H and O–H groups in total. The summed E-state index contributed by atoms with van der Waals surface area (Å²) in [4.78, 5) is 37.1. The monoisotopic (exact) mass is 362 g/mol. The molecule has 1 heterocycles. The van der Waals surface area contributed by atoms with Crippen LogP contribution in [0.25, 0.3) is 0 Å². The zero-order valence-electron chi connectivity index (χ0n) is 15.3. The molecule has 7 nitrogen and oxygen atoms in total. The Bertz CT molecular complexity index is 623. The number of benzene rings is 1. The number of ether oxygens (including phenoxy) is 2. The van der Waals surface area contributed by atoms with Gasteiger partial charge in [-0.3, -0.25) is 9.59 Å². The van der Waals surface area contributed by atoms with Crippen molar-refractivity contribution in [1.82, 2.24) is 5.32 Å². The summed E-state index contributed by atoms with van der Waals surface area (Å²) in [7, 11) is 0. The number of nitrogens with one attached hydrogen (secondary N) is 1. The Kier molecular flexibility index (Phi) is 7.59. The van der Waals surface area contributed by atoms with Gasteiger partial charge in [0.1, 0.15) is 0 Å². The third-order valence-corrected chi connectivity index (χ3v) is 4.18. The summed E-state index contributed by atoms with van der Waals surface area (Å²) in [5.41, 5.74) is 1.06. The summed E-state index contributed by atoms with van der Waals surface area (Å²) in [6, 6.07) is 6.58. The zero-order chi connectivity index (χ0) is 18.9. The van der Waals surface area contributed by atoms with Gasteiger partial charge in [0.2, 0.25) is 11.8 Å². The molecule has 0 aliphatic carbocycles. The highest BCUT2D eigenvalue weighted by Crippen LogP contribution is 2.17. The number of anilines is 1. The number of hydrogen-bond acceptors (Lipinski definition) is 5. The fourth-order valence-electron chi connectivity index (χ4n) is 2.79. The largest absolute Gasteiger partial charge is 0.462 e. The summed E-state index contributed by atoms with van der Waals surface area (Å²) >= 11 is 0. The third-order valence-electron chi connectivity index (χ3n) is 4.18. The van der Waals surface area contributed by atoms with Crippen molar-refractivity contribution in [2.45, 2.75) is 39.2 Å². The van der Waals surface area contributed by atoms with Crippen molar-refractivity contribution < 1.29 is 23.9 Å². The van der Waals surface area contributed by atoms with Gasteiger partial charge in [-0.15, -0.1) is 0 Å². The minimum atomic E-state index is -0.401. The lowest BCUT2D eigenvalue weighted by atomic mass is 10.2. The van der Waals surface area contributed by atoms with Gasteiger partial charge >= 0.3 is 5.97 Å². The van der Waals surface area contributed by atoms with Crippen LogP contribution in [0.2, 0.25) is 0 Å². The quantitative estimate of drug-likeness (QED) is 0.714. The van der Waals surface area contributed by atoms with Crippen LogP contribution in [0.3, 0.4) is 0 Å². The number of nitrogens with zero attached hydrogens (tertiary/aromatic N) is 1. The third kappa shape index (κ3) is 5.84. The number of esters is 1. The molecule has 1 aliphatic heterocycles. The van der Waals surface area contributed by atoms with E-state index in [2.05, 4.69) is 5.32 Å². The SMILES string of the molecule is CCOC(=O)c1ccc(N(CCC(=O)NCC2CCCO2)C(C)=O)cc1. The van der Waals surface area contributed by atoms with Crippen LogP contribution < -0.4 is 10.2 Å². The topological polar surface area (TPSA) is 84.9 Å². The molecular formula is C19H26N2O5. The highest BCUT2D eigenvalue weighted by Gasteiger charge is 2.18. The first-order chi connectivity index (χ1) is 12.5. The van der Waals surface area contributed by atoms with Crippen LogP contribution in [-0.2, 0) is 19.1 Å². The van der Waals surface area contributed by atoms with E-state index in [0.29, 0.717) is 24.4 Å². The van der Waals surface area contributed by atoms with Crippen LogP contribution in [0, 0.1) is 0 Å². The molecule has 7 heteroatoms. The van der Waals surface area contributed by atoms with Gasteiger partial charge in [-0.2, -0.15) is 0 Å². The first kappa shape index (κ1) is 19.9. The van der Waals surface area contributed by atoms with E-state index < -0.39 is 5.97 Å². The van der Waals surface area contributed by atoms with Gasteiger partial charge in [-0.05, 0) is 44.0 Å². The Morgan fingerprint density at radius 1 is 1.27 bits per heavy atom. The van der Waals surface area contributed by atoms with Gasteiger partial charge in [-0.25, -0.2) is 4.79 Å². The Balaban J connectivity index is 1.88. The molecule has 0 bridgehead atoms. The van der Waals surface area contributed by atoms with E-state index >= 15 is 0 Å². The Labute approximate surface area is 153 Å². The Morgan fingerprint density at radius 2 is 2.00 bits per heavy atom. The number of rotatable bonds is 8. The minimum Gasteiger partial charge on any atom is -0.462 e. The number of hydrogen-bond donors (Lipinski definition) is 1. The van der Waals surface area contributed by atoms with Gasteiger partial charge < -0.3 is 19.7 Å². The molecule has 26 heavy (non-hydrogen) atoms. The second-order valence-electron chi connectivity index (χ2n) is 6.13. The van der Waals surface area contributed by atoms with E-state index in [-0.39, 0.29) is 30.9 Å². The van der Waals surface area contributed by atoms with E-state index in [1.807, 2.05) is 0 Å². The molecule has 1 aliphatic rings. The van der Waals surface area contributed by atoms with Crippen molar-refractivity contribution in [3.8, 4) is 0 Å². The molecule has 0 aromatic heterocycles. The summed E-state index contributed by atoms with van der Waals surface area (Å²) in [6.07, 6.45) is 2.29. The zero-order valence-corrected chi connectivity index (χ0v) is 15.3. The fraction of sp³-hybridized carbons (Fsp3) is 0.526. The van der Waals surface area contributed by atoms with Crippen molar-refractivity contribution in [1.29, 1.82) is 0 Å². The van der Waals surface area contributed by atoms with Crippen molar-refractivity contribution in [3.63, 3.8) is 0 Å². The average molecular weight is 362 g/mol. The lowest BCUT2D eigenvalue weighted by Crippen LogP contribution is -2.36. The smallest absolute Gasteiger partial charge is 0.338 e. The molecule has 0 radical (unpaired) electrons. The molecule has 1 saturated heterocycles. The van der Waals surface area contributed by atoms with Crippen molar-refractivity contribution in [3.05, 3.63) is 29.8 Å². The van der Waals surface area contributed by atoms with Gasteiger partial charge in [0.05, 0.1) is 18.3 Å². The summed E-state index contributed by atoms with van der Waals surface area (Å²) in [5, 5.41) is 2.85. The lowest BCUT2D eigenvalue weighted by molar-refractivity contribution is -0.121. The van der Waals surface area contributed by atoms with E-state index in [9.17, 15) is 14.4 Å². The van der Waals surface area contributed by atoms with Gasteiger partial charge in [0.25, 0.3) is 0 Å². The first-order valence-electron chi connectivity index (χ1n) is 8.95. The maximum absolute atomic E-state index is 12.0. The van der Waals surface area contributed by atoms with E-state index in [1.54, 1.807) is 31.2 Å². The predicted molar refractivity (Wildman–Crippen MR) is 97.0 cm³/mol. The standard InChI is InChI=1S/C19H26N2O5/c1-3-25-19(24)15-6-8-16(9-7-15)21(14(2)22)11-10-18(23)20-13-17-5-4-12-26-17/h6-9,17H,3-5,10-13H2,1-2H3,(H,20,23). The number of carbonyl (C=O) groups is 3. The number of carbonyl (C=O) groups excluding carboxylic acids is 3. The number of amides is 2. The molecule has 2 amide bonds. The van der Waals surface area contributed by atoms with E-state index in [0.717, 1.165) is 19.4 Å². The van der Waals surface area contributed by atoms with E-state index in [4.69, 9.17) is 9.47 Å². The van der Waals surface area contributed by atoms with Gasteiger partial charge in [0, 0.05) is 38.7 Å². The fourth-order valence-corrected chi connectivity index (χ4v) is 2.79. The molecule has 142 valence electrons. The van der Waals surface area contributed by atoms with Gasteiger partial charge in [0.15, 0.2) is 0 Å². The van der Waals surface area contributed by atoms with Crippen molar-refractivity contribution in [2.75, 3.05) is 31.2 Å². The Hall–Kier alpha value is -2.41. The van der Waals surface area contributed by atoms with Gasteiger partial charge in [-0.1, -0.05) is 0 Å². The minimum absolute atomic E-state index is 0.0956. The van der Waals surface area contributed by atoms with Crippen LogP contribution in [0.4, 0.5) is 5.69 Å². The average Bonchev–Trinajstić information content (AvgIpc) is 3.14. The van der Waals surface area contributed by atoms with Crippen LogP contribution in [-0.4, -0.2) is 50.2 Å². The Morgan fingerprint density at radius 3 is 2.58 bits per heavy atom. The predicted octanol–water partition coefficient (Wildman–Crippen LogP) is 1.90. The molecule has 1 unspecified atom stereocenters. The molecule has 1 atom stereocenters. The maximum atomic E-state index is 12.0.